The Hall–Kier alpha value is -1.42. The Morgan fingerprint density at radius 2 is 2.11 bits per heavy atom. The molecule has 0 bridgehead atoms. The third-order valence-electron chi connectivity index (χ3n) is 3.34. The molecule has 2 heterocycles. The van der Waals surface area contributed by atoms with Crippen LogP contribution in [0.3, 0.4) is 0 Å². The molecule has 1 fully saturated rings. The molecule has 0 aliphatic carbocycles. The van der Waals surface area contributed by atoms with Crippen LogP contribution in [0, 0.1) is 0 Å². The Morgan fingerprint density at radius 1 is 1.17 bits per heavy atom. The van der Waals surface area contributed by atoms with Crippen LogP contribution in [0.1, 0.15) is 6.42 Å². The number of para-hydroxylation sites is 1. The van der Waals surface area contributed by atoms with Crippen LogP contribution in [-0.2, 0) is 0 Å². The van der Waals surface area contributed by atoms with E-state index < -0.39 is 0 Å². The van der Waals surface area contributed by atoms with Gasteiger partial charge in [-0.1, -0.05) is 12.1 Å². The number of benzene rings is 1. The molecule has 0 radical (unpaired) electrons. The summed E-state index contributed by atoms with van der Waals surface area (Å²) in [6.07, 6.45) is 3.11. The number of hydrogen-bond acceptors (Lipinski definition) is 4. The number of anilines is 2. The summed E-state index contributed by atoms with van der Waals surface area (Å²) in [6.45, 7) is 2.24. The molecule has 2 aromatic rings. The number of fused-ring (bicyclic) bond motifs is 1. The number of nitrogens with zero attached hydrogens (tertiary/aromatic N) is 2. The van der Waals surface area contributed by atoms with Gasteiger partial charge in [0.2, 0.25) is 0 Å². The summed E-state index contributed by atoms with van der Waals surface area (Å²) in [5.74, 6) is 2.47. The van der Waals surface area contributed by atoms with Gasteiger partial charge in [0, 0.05) is 36.1 Å². The smallest absolute Gasteiger partial charge is 0.0951 e. The van der Waals surface area contributed by atoms with Gasteiger partial charge >= 0.3 is 0 Å². The lowest BCUT2D eigenvalue weighted by Crippen LogP contribution is -2.25. The van der Waals surface area contributed by atoms with Crippen LogP contribution >= 0.6 is 11.8 Å². The van der Waals surface area contributed by atoms with Gasteiger partial charge in [-0.2, -0.15) is 11.8 Å². The van der Waals surface area contributed by atoms with Crippen LogP contribution in [0.25, 0.3) is 10.9 Å². The van der Waals surface area contributed by atoms with Crippen molar-refractivity contribution in [1.29, 1.82) is 0 Å². The molecular weight excluding hydrogens is 242 g/mol. The van der Waals surface area contributed by atoms with E-state index in [0.29, 0.717) is 0 Å². The second-order valence-electron chi connectivity index (χ2n) is 4.53. The lowest BCUT2D eigenvalue weighted by molar-refractivity contribution is 0.819. The second kappa shape index (κ2) is 5.06. The quantitative estimate of drug-likeness (QED) is 0.800. The number of hydrogen-bond donors (Lipinski definition) is 1. The highest BCUT2D eigenvalue weighted by atomic mass is 32.2. The summed E-state index contributed by atoms with van der Waals surface area (Å²) in [5.41, 5.74) is 8.96. The summed E-state index contributed by atoms with van der Waals surface area (Å²) in [5, 5.41) is 1.17. The van der Waals surface area contributed by atoms with Gasteiger partial charge in [-0.05, 0) is 24.3 Å². The molecule has 1 aromatic heterocycles. The van der Waals surface area contributed by atoms with E-state index in [4.69, 9.17) is 5.73 Å². The number of nitrogens with two attached hydrogens (primary N) is 1. The fourth-order valence-electron chi connectivity index (χ4n) is 2.45. The lowest BCUT2D eigenvalue weighted by atomic mass is 10.1. The monoisotopic (exact) mass is 259 g/mol. The predicted molar refractivity (Wildman–Crippen MR) is 80.3 cm³/mol. The third-order valence-corrected chi connectivity index (χ3v) is 4.39. The van der Waals surface area contributed by atoms with E-state index in [9.17, 15) is 0 Å². The van der Waals surface area contributed by atoms with Crippen molar-refractivity contribution in [2.75, 3.05) is 35.2 Å². The fourth-order valence-corrected chi connectivity index (χ4v) is 3.33. The summed E-state index contributed by atoms with van der Waals surface area (Å²) in [6, 6.07) is 8.15. The largest absolute Gasteiger partial charge is 0.397 e. The minimum absolute atomic E-state index is 0.763. The van der Waals surface area contributed by atoms with Crippen molar-refractivity contribution < 1.29 is 0 Å². The van der Waals surface area contributed by atoms with E-state index >= 15 is 0 Å². The SMILES string of the molecule is Nc1cccc2c(N3CCCSCC3)ccnc12. The number of nitrogen functional groups attached to an aromatic ring is 1. The summed E-state index contributed by atoms with van der Waals surface area (Å²) in [7, 11) is 0. The van der Waals surface area contributed by atoms with Gasteiger partial charge in [-0.25, -0.2) is 0 Å². The van der Waals surface area contributed by atoms with E-state index in [2.05, 4.69) is 22.0 Å². The second-order valence-corrected chi connectivity index (χ2v) is 5.75. The molecule has 1 aromatic carbocycles. The van der Waals surface area contributed by atoms with E-state index in [1.165, 1.54) is 29.0 Å². The van der Waals surface area contributed by atoms with E-state index in [1.54, 1.807) is 0 Å². The number of pyridine rings is 1. The van der Waals surface area contributed by atoms with Crippen LogP contribution in [0.15, 0.2) is 30.5 Å². The van der Waals surface area contributed by atoms with Gasteiger partial charge in [-0.3, -0.25) is 4.98 Å². The van der Waals surface area contributed by atoms with Crippen molar-refractivity contribution in [3.8, 4) is 0 Å². The number of thioether (sulfide) groups is 1. The topological polar surface area (TPSA) is 42.1 Å². The summed E-state index contributed by atoms with van der Waals surface area (Å²) in [4.78, 5) is 6.86. The average Bonchev–Trinajstić information content (AvgIpc) is 2.67. The van der Waals surface area contributed by atoms with Crippen molar-refractivity contribution in [1.82, 2.24) is 4.98 Å². The molecule has 1 aliphatic heterocycles. The molecule has 0 unspecified atom stereocenters. The van der Waals surface area contributed by atoms with Gasteiger partial charge in [-0.15, -0.1) is 0 Å². The highest BCUT2D eigenvalue weighted by Gasteiger charge is 2.13. The predicted octanol–water partition coefficient (Wildman–Crippen LogP) is 2.76. The molecule has 94 valence electrons. The zero-order chi connectivity index (χ0) is 12.4. The van der Waals surface area contributed by atoms with Gasteiger partial charge < -0.3 is 10.6 Å². The molecule has 1 saturated heterocycles. The van der Waals surface area contributed by atoms with Gasteiger partial charge in [0.05, 0.1) is 11.2 Å². The molecule has 3 rings (SSSR count). The Labute approximate surface area is 111 Å². The Bertz CT molecular complexity index is 548. The maximum atomic E-state index is 6.00. The van der Waals surface area contributed by atoms with Crippen molar-refractivity contribution in [2.45, 2.75) is 6.42 Å². The van der Waals surface area contributed by atoms with Crippen molar-refractivity contribution in [2.24, 2.45) is 0 Å². The van der Waals surface area contributed by atoms with E-state index in [0.717, 1.165) is 24.3 Å². The maximum Gasteiger partial charge on any atom is 0.0951 e. The molecule has 0 saturated carbocycles. The minimum Gasteiger partial charge on any atom is -0.397 e. The third kappa shape index (κ3) is 2.12. The Balaban J connectivity index is 2.08. The van der Waals surface area contributed by atoms with Crippen LogP contribution < -0.4 is 10.6 Å². The molecular formula is C14H17N3S. The van der Waals surface area contributed by atoms with E-state index in [1.807, 2.05) is 30.1 Å². The molecule has 0 amide bonds. The normalized spacial score (nSPS) is 16.8. The summed E-state index contributed by atoms with van der Waals surface area (Å²) >= 11 is 2.04. The molecule has 2 N–H and O–H groups in total. The van der Waals surface area contributed by atoms with Crippen LogP contribution in [-0.4, -0.2) is 29.6 Å². The van der Waals surface area contributed by atoms with Crippen molar-refractivity contribution in [3.05, 3.63) is 30.5 Å². The Morgan fingerprint density at radius 3 is 3.06 bits per heavy atom. The number of rotatable bonds is 1. The zero-order valence-corrected chi connectivity index (χ0v) is 11.1. The highest BCUT2D eigenvalue weighted by Crippen LogP contribution is 2.29. The minimum atomic E-state index is 0.763. The molecule has 18 heavy (non-hydrogen) atoms. The maximum absolute atomic E-state index is 6.00. The molecule has 1 aliphatic rings. The first-order valence-corrected chi connectivity index (χ1v) is 7.47. The average molecular weight is 259 g/mol. The van der Waals surface area contributed by atoms with Gasteiger partial charge in [0.15, 0.2) is 0 Å². The van der Waals surface area contributed by atoms with Crippen LogP contribution in [0.5, 0.6) is 0 Å². The standard InChI is InChI=1S/C14H17N3S/c15-12-4-1-3-11-13(5-6-16-14(11)12)17-7-2-9-18-10-8-17/h1,3-6H,2,7-10,15H2. The lowest BCUT2D eigenvalue weighted by Gasteiger charge is -2.23. The van der Waals surface area contributed by atoms with Crippen molar-refractivity contribution >= 4 is 34.0 Å². The van der Waals surface area contributed by atoms with Gasteiger partial charge in [0.1, 0.15) is 0 Å². The fraction of sp³-hybridized carbons (Fsp3) is 0.357. The van der Waals surface area contributed by atoms with Crippen LogP contribution in [0.2, 0.25) is 0 Å². The number of aromatic nitrogens is 1. The van der Waals surface area contributed by atoms with Crippen LogP contribution in [0.4, 0.5) is 11.4 Å². The Kier molecular flexibility index (Phi) is 3.28. The van der Waals surface area contributed by atoms with Gasteiger partial charge in [0.25, 0.3) is 0 Å². The molecule has 0 spiro atoms. The van der Waals surface area contributed by atoms with E-state index in [-0.39, 0.29) is 0 Å². The van der Waals surface area contributed by atoms with Crippen molar-refractivity contribution in [3.63, 3.8) is 0 Å². The first kappa shape index (κ1) is 11.7. The first-order chi connectivity index (χ1) is 8.86. The molecule has 3 nitrogen and oxygen atoms in total. The summed E-state index contributed by atoms with van der Waals surface area (Å²) < 4.78 is 0. The molecule has 0 atom stereocenters. The first-order valence-electron chi connectivity index (χ1n) is 6.32. The highest BCUT2D eigenvalue weighted by molar-refractivity contribution is 7.99. The zero-order valence-electron chi connectivity index (χ0n) is 10.3. The molecule has 4 heteroatoms.